The Morgan fingerprint density at radius 1 is 1.23 bits per heavy atom. The van der Waals surface area contributed by atoms with Crippen molar-refractivity contribution < 1.29 is 4.79 Å². The molecule has 2 aliphatic rings. The Kier molecular flexibility index (Phi) is 6.74. The van der Waals surface area contributed by atoms with Crippen molar-refractivity contribution in [3.05, 3.63) is 48.5 Å². The number of hydrogen-bond donors (Lipinski definition) is 2. The lowest BCUT2D eigenvalue weighted by Crippen LogP contribution is -2.48. The number of likely N-dealkylation sites (tertiary alicyclic amines) is 2. The van der Waals surface area contributed by atoms with Gasteiger partial charge in [0.15, 0.2) is 5.96 Å². The second-order valence-electron chi connectivity index (χ2n) is 8.51. The van der Waals surface area contributed by atoms with E-state index in [4.69, 9.17) is 0 Å². The number of benzene rings is 1. The maximum Gasteiger partial charge on any atom is 0.321 e. The van der Waals surface area contributed by atoms with Gasteiger partial charge < -0.3 is 25.0 Å². The van der Waals surface area contributed by atoms with E-state index in [-0.39, 0.29) is 6.03 Å². The van der Waals surface area contributed by atoms with Gasteiger partial charge in [0.2, 0.25) is 0 Å². The van der Waals surface area contributed by atoms with E-state index in [2.05, 4.69) is 43.1 Å². The number of nitrogens with zero attached hydrogens (tertiary/aromatic N) is 5. The average molecular weight is 424 g/mol. The number of urea groups is 1. The van der Waals surface area contributed by atoms with E-state index in [0.717, 1.165) is 62.7 Å². The molecule has 0 spiro atoms. The summed E-state index contributed by atoms with van der Waals surface area (Å²) in [6, 6.07) is 8.40. The largest absolute Gasteiger partial charge is 0.352 e. The summed E-state index contributed by atoms with van der Waals surface area (Å²) in [4.78, 5) is 25.3. The summed E-state index contributed by atoms with van der Waals surface area (Å²) in [5, 5.41) is 6.53. The molecule has 3 heterocycles. The number of carbonyl (C=O) groups excluding carboxylic acids is 1. The number of rotatable bonds is 4. The van der Waals surface area contributed by atoms with E-state index in [1.807, 2.05) is 48.9 Å². The molecule has 2 N–H and O–H groups in total. The molecule has 8 nitrogen and oxygen atoms in total. The fourth-order valence-corrected chi connectivity index (χ4v) is 4.49. The maximum atomic E-state index is 12.4. The molecule has 2 unspecified atom stereocenters. The van der Waals surface area contributed by atoms with Gasteiger partial charge in [-0.1, -0.05) is 19.1 Å². The molecule has 0 bridgehead atoms. The molecule has 166 valence electrons. The number of aromatic nitrogens is 2. The van der Waals surface area contributed by atoms with E-state index >= 15 is 0 Å². The molecule has 0 radical (unpaired) electrons. The predicted octanol–water partition coefficient (Wildman–Crippen LogP) is 3.17. The van der Waals surface area contributed by atoms with Crippen LogP contribution in [0.2, 0.25) is 0 Å². The minimum absolute atomic E-state index is 0.00796. The van der Waals surface area contributed by atoms with Crippen LogP contribution in [0, 0.1) is 5.92 Å². The molecule has 2 fully saturated rings. The lowest BCUT2D eigenvalue weighted by molar-refractivity contribution is 0.189. The van der Waals surface area contributed by atoms with Crippen molar-refractivity contribution in [2.45, 2.75) is 38.8 Å². The first kappa shape index (κ1) is 21.2. The van der Waals surface area contributed by atoms with Crippen molar-refractivity contribution in [2.24, 2.45) is 10.9 Å². The van der Waals surface area contributed by atoms with E-state index in [1.165, 1.54) is 0 Å². The Bertz CT molecular complexity index is 889. The molecule has 1 aromatic carbocycles. The number of carbonyl (C=O) groups is 1. The topological polar surface area (TPSA) is 77.8 Å². The normalized spacial score (nSPS) is 21.9. The first-order chi connectivity index (χ1) is 15.1. The van der Waals surface area contributed by atoms with Crippen molar-refractivity contribution in [2.75, 3.05) is 38.5 Å². The van der Waals surface area contributed by atoms with Crippen LogP contribution in [-0.2, 0) is 6.54 Å². The van der Waals surface area contributed by atoms with Gasteiger partial charge in [-0.2, -0.15) is 0 Å². The molecule has 2 atom stereocenters. The zero-order valence-electron chi connectivity index (χ0n) is 18.5. The van der Waals surface area contributed by atoms with Crippen LogP contribution >= 0.6 is 0 Å². The van der Waals surface area contributed by atoms with Crippen LogP contribution in [0.25, 0.3) is 0 Å². The van der Waals surface area contributed by atoms with Crippen molar-refractivity contribution in [3.63, 3.8) is 0 Å². The van der Waals surface area contributed by atoms with Crippen LogP contribution in [0.1, 0.15) is 37.8 Å². The molecule has 2 amide bonds. The first-order valence-corrected chi connectivity index (χ1v) is 11.2. The van der Waals surface area contributed by atoms with E-state index < -0.39 is 0 Å². The Balaban J connectivity index is 1.35. The van der Waals surface area contributed by atoms with Gasteiger partial charge in [-0.3, -0.25) is 4.99 Å². The number of aliphatic imine (C=N–C) groups is 1. The second kappa shape index (κ2) is 9.85. The summed E-state index contributed by atoms with van der Waals surface area (Å²) in [7, 11) is 1.83. The fourth-order valence-electron chi connectivity index (χ4n) is 4.49. The molecule has 8 heteroatoms. The highest BCUT2D eigenvalue weighted by atomic mass is 16.2. The molecule has 2 saturated heterocycles. The Morgan fingerprint density at radius 2 is 2.06 bits per heavy atom. The standard InChI is InChI=1S/C23H33N7O/c1-18-8-12-29(16-21(18)30-13-9-25-17-30)22(24-2)26-15-19-6-5-7-20(14-19)27-23(31)28-10-3-4-11-28/h5-7,9,13-14,17-18,21H,3-4,8,10-12,15-16H2,1-2H3,(H,24,26)(H,27,31). The Labute approximate surface area is 184 Å². The summed E-state index contributed by atoms with van der Waals surface area (Å²) >= 11 is 0. The predicted molar refractivity (Wildman–Crippen MR) is 123 cm³/mol. The summed E-state index contributed by atoms with van der Waals surface area (Å²) < 4.78 is 2.20. The summed E-state index contributed by atoms with van der Waals surface area (Å²) in [6.45, 7) is 6.54. The van der Waals surface area contributed by atoms with Crippen LogP contribution in [0.15, 0.2) is 48.0 Å². The lowest BCUT2D eigenvalue weighted by atomic mass is 9.93. The smallest absolute Gasteiger partial charge is 0.321 e. The highest BCUT2D eigenvalue weighted by molar-refractivity contribution is 5.89. The summed E-state index contributed by atoms with van der Waals surface area (Å²) in [5.41, 5.74) is 1.94. The quantitative estimate of drug-likeness (QED) is 0.585. The molecule has 4 rings (SSSR count). The number of nitrogens with one attached hydrogen (secondary N) is 2. The third-order valence-electron chi connectivity index (χ3n) is 6.36. The second-order valence-corrected chi connectivity index (χ2v) is 8.51. The maximum absolute atomic E-state index is 12.4. The van der Waals surface area contributed by atoms with Gasteiger partial charge in [0.1, 0.15) is 0 Å². The molecule has 2 aliphatic heterocycles. The van der Waals surface area contributed by atoms with Gasteiger partial charge in [-0.15, -0.1) is 0 Å². The van der Waals surface area contributed by atoms with Crippen LogP contribution in [0.5, 0.6) is 0 Å². The first-order valence-electron chi connectivity index (χ1n) is 11.2. The third kappa shape index (κ3) is 5.18. The van der Waals surface area contributed by atoms with Crippen molar-refractivity contribution in [3.8, 4) is 0 Å². The molecular weight excluding hydrogens is 390 g/mol. The monoisotopic (exact) mass is 423 g/mol. The van der Waals surface area contributed by atoms with Gasteiger partial charge in [0.05, 0.1) is 12.4 Å². The van der Waals surface area contributed by atoms with Crippen LogP contribution in [0.4, 0.5) is 10.5 Å². The van der Waals surface area contributed by atoms with Crippen molar-refractivity contribution in [1.29, 1.82) is 0 Å². The molecule has 0 aliphatic carbocycles. The number of guanidine groups is 1. The number of imidazole rings is 1. The summed E-state index contributed by atoms with van der Waals surface area (Å²) in [5.74, 6) is 1.50. The minimum Gasteiger partial charge on any atom is -0.352 e. The molecular formula is C23H33N7O. The fraction of sp³-hybridized carbons (Fsp3) is 0.522. The van der Waals surface area contributed by atoms with Gasteiger partial charge in [-0.25, -0.2) is 9.78 Å². The zero-order chi connectivity index (χ0) is 21.6. The number of hydrogen-bond acceptors (Lipinski definition) is 3. The number of amides is 2. The molecule has 1 aromatic heterocycles. The molecule has 2 aromatic rings. The van der Waals surface area contributed by atoms with Crippen molar-refractivity contribution in [1.82, 2.24) is 24.7 Å². The molecule has 0 saturated carbocycles. The summed E-state index contributed by atoms with van der Waals surface area (Å²) in [6.07, 6.45) is 9.09. The van der Waals surface area contributed by atoms with Crippen LogP contribution in [-0.4, -0.2) is 64.6 Å². The highest BCUT2D eigenvalue weighted by Gasteiger charge is 2.28. The van der Waals surface area contributed by atoms with Gasteiger partial charge in [-0.05, 0) is 42.9 Å². The average Bonchev–Trinajstić information content (AvgIpc) is 3.50. The van der Waals surface area contributed by atoms with E-state index in [0.29, 0.717) is 18.5 Å². The van der Waals surface area contributed by atoms with E-state index in [1.54, 1.807) is 0 Å². The third-order valence-corrected chi connectivity index (χ3v) is 6.36. The number of anilines is 1. The van der Waals surface area contributed by atoms with Crippen LogP contribution in [0.3, 0.4) is 0 Å². The highest BCUT2D eigenvalue weighted by Crippen LogP contribution is 2.27. The SMILES string of the molecule is CN=C(NCc1cccc(NC(=O)N2CCCC2)c1)N1CCC(C)C(n2ccnc2)C1. The van der Waals surface area contributed by atoms with Gasteiger partial charge in [0, 0.05) is 57.9 Å². The zero-order valence-corrected chi connectivity index (χ0v) is 18.5. The van der Waals surface area contributed by atoms with Gasteiger partial charge >= 0.3 is 6.03 Å². The Hall–Kier alpha value is -3.03. The number of piperidine rings is 1. The Morgan fingerprint density at radius 3 is 2.81 bits per heavy atom. The minimum atomic E-state index is -0.00796. The van der Waals surface area contributed by atoms with Gasteiger partial charge in [0.25, 0.3) is 0 Å². The lowest BCUT2D eigenvalue weighted by Gasteiger charge is -2.39. The van der Waals surface area contributed by atoms with Crippen LogP contribution < -0.4 is 10.6 Å². The van der Waals surface area contributed by atoms with Crippen molar-refractivity contribution >= 4 is 17.7 Å². The van der Waals surface area contributed by atoms with E-state index in [9.17, 15) is 4.79 Å². The molecule has 31 heavy (non-hydrogen) atoms.